The summed E-state index contributed by atoms with van der Waals surface area (Å²) in [5, 5.41) is -0.120. The Morgan fingerprint density at radius 3 is 2.43 bits per heavy atom. The van der Waals surface area contributed by atoms with E-state index in [-0.39, 0.29) is 27.7 Å². The number of benzene rings is 2. The number of rotatable bonds is 4. The molecule has 0 spiro atoms. The molecule has 0 saturated carbocycles. The maximum absolute atomic E-state index is 13.3. The third-order valence-corrected chi connectivity index (χ3v) is 4.40. The minimum absolute atomic E-state index is 0.00974. The molecule has 2 aromatic carbocycles. The molecule has 21 heavy (non-hydrogen) atoms. The molecule has 0 aliphatic rings. The third-order valence-electron chi connectivity index (χ3n) is 2.72. The van der Waals surface area contributed by atoms with Crippen LogP contribution in [0.5, 0.6) is 0 Å². The maximum Gasteiger partial charge on any atom is 0.261 e. The lowest BCUT2D eigenvalue weighted by Gasteiger charge is -2.10. The number of nitrogens with two attached hydrogens (primary N) is 1. The second-order valence-electron chi connectivity index (χ2n) is 4.19. The third kappa shape index (κ3) is 3.49. The van der Waals surface area contributed by atoms with Gasteiger partial charge in [0.2, 0.25) is 0 Å². The minimum Gasteiger partial charge on any atom is -0.326 e. The zero-order valence-corrected chi connectivity index (χ0v) is 12.2. The molecular formula is C13H11ClF2N2O2S. The first-order chi connectivity index (χ1) is 9.83. The summed E-state index contributed by atoms with van der Waals surface area (Å²) in [6.45, 7) is -0.134. The van der Waals surface area contributed by atoms with Gasteiger partial charge in [-0.25, -0.2) is 17.2 Å². The molecule has 0 aliphatic heterocycles. The highest BCUT2D eigenvalue weighted by molar-refractivity contribution is 7.92. The van der Waals surface area contributed by atoms with Crippen LogP contribution in [0.3, 0.4) is 0 Å². The first-order valence-corrected chi connectivity index (χ1v) is 7.66. The zero-order valence-electron chi connectivity index (χ0n) is 10.6. The summed E-state index contributed by atoms with van der Waals surface area (Å²) in [4.78, 5) is -0.167. The molecule has 112 valence electrons. The Bertz CT molecular complexity index is 782. The topological polar surface area (TPSA) is 72.2 Å². The Morgan fingerprint density at radius 1 is 1.10 bits per heavy atom. The van der Waals surface area contributed by atoms with Crippen LogP contribution in [-0.4, -0.2) is 8.42 Å². The van der Waals surface area contributed by atoms with Crippen molar-refractivity contribution in [3.8, 4) is 0 Å². The predicted molar refractivity (Wildman–Crippen MR) is 76.5 cm³/mol. The van der Waals surface area contributed by atoms with E-state index in [1.54, 1.807) is 0 Å². The summed E-state index contributed by atoms with van der Waals surface area (Å²) in [7, 11) is -3.97. The molecule has 4 nitrogen and oxygen atoms in total. The molecule has 0 amide bonds. The molecule has 0 atom stereocenters. The van der Waals surface area contributed by atoms with E-state index in [0.717, 1.165) is 24.3 Å². The Labute approximate surface area is 125 Å². The SMILES string of the molecule is NCc1cc(S(=O)(=O)Nc2ccc(Cl)c(F)c2)ccc1F. The first kappa shape index (κ1) is 15.7. The smallest absolute Gasteiger partial charge is 0.261 e. The van der Waals surface area contributed by atoms with E-state index in [2.05, 4.69) is 4.72 Å². The molecule has 0 fully saturated rings. The fourth-order valence-corrected chi connectivity index (χ4v) is 2.87. The van der Waals surface area contributed by atoms with E-state index in [9.17, 15) is 17.2 Å². The average Bonchev–Trinajstić information content (AvgIpc) is 2.43. The van der Waals surface area contributed by atoms with Crippen molar-refractivity contribution in [1.82, 2.24) is 0 Å². The highest BCUT2D eigenvalue weighted by Gasteiger charge is 2.16. The molecule has 0 aromatic heterocycles. The van der Waals surface area contributed by atoms with E-state index >= 15 is 0 Å². The summed E-state index contributed by atoms with van der Waals surface area (Å²) in [6, 6.07) is 6.74. The molecule has 0 bridgehead atoms. The van der Waals surface area contributed by atoms with Crippen LogP contribution in [0.15, 0.2) is 41.3 Å². The van der Waals surface area contributed by atoms with E-state index < -0.39 is 21.7 Å². The normalized spacial score (nSPS) is 11.4. The Balaban J connectivity index is 2.35. The fraction of sp³-hybridized carbons (Fsp3) is 0.0769. The molecule has 0 saturated heterocycles. The van der Waals surface area contributed by atoms with Crippen molar-refractivity contribution < 1.29 is 17.2 Å². The van der Waals surface area contributed by atoms with Crippen molar-refractivity contribution in [2.24, 2.45) is 5.73 Å². The molecular weight excluding hydrogens is 322 g/mol. The average molecular weight is 333 g/mol. The van der Waals surface area contributed by atoms with Crippen molar-refractivity contribution in [2.45, 2.75) is 11.4 Å². The Hall–Kier alpha value is -1.70. The van der Waals surface area contributed by atoms with Gasteiger partial charge in [-0.1, -0.05) is 11.6 Å². The quantitative estimate of drug-likeness (QED) is 0.904. The van der Waals surface area contributed by atoms with Crippen molar-refractivity contribution in [3.05, 3.63) is 58.6 Å². The fourth-order valence-electron chi connectivity index (χ4n) is 1.65. The first-order valence-electron chi connectivity index (χ1n) is 5.80. The number of halogens is 3. The second kappa shape index (κ2) is 5.97. The van der Waals surface area contributed by atoms with Gasteiger partial charge in [-0.15, -0.1) is 0 Å². The van der Waals surface area contributed by atoms with Gasteiger partial charge in [0.25, 0.3) is 10.0 Å². The van der Waals surface area contributed by atoms with Gasteiger partial charge in [0, 0.05) is 12.1 Å². The van der Waals surface area contributed by atoms with Crippen molar-refractivity contribution >= 4 is 27.3 Å². The van der Waals surface area contributed by atoms with Gasteiger partial charge in [0.1, 0.15) is 11.6 Å². The van der Waals surface area contributed by atoms with Gasteiger partial charge in [-0.3, -0.25) is 4.72 Å². The molecule has 0 unspecified atom stereocenters. The largest absolute Gasteiger partial charge is 0.326 e. The number of nitrogens with one attached hydrogen (secondary N) is 1. The van der Waals surface area contributed by atoms with E-state index in [1.807, 2.05) is 0 Å². The summed E-state index contributed by atoms with van der Waals surface area (Å²) in [6.07, 6.45) is 0. The van der Waals surface area contributed by atoms with Gasteiger partial charge < -0.3 is 5.73 Å². The van der Waals surface area contributed by atoms with E-state index in [1.165, 1.54) is 12.1 Å². The Kier molecular flexibility index (Phi) is 4.46. The number of anilines is 1. The Morgan fingerprint density at radius 2 is 1.81 bits per heavy atom. The van der Waals surface area contributed by atoms with Crippen molar-refractivity contribution in [2.75, 3.05) is 4.72 Å². The second-order valence-corrected chi connectivity index (χ2v) is 6.28. The monoisotopic (exact) mass is 332 g/mol. The highest BCUT2D eigenvalue weighted by atomic mass is 35.5. The van der Waals surface area contributed by atoms with Crippen LogP contribution < -0.4 is 10.5 Å². The van der Waals surface area contributed by atoms with E-state index in [4.69, 9.17) is 17.3 Å². The van der Waals surface area contributed by atoms with Crippen LogP contribution in [0.2, 0.25) is 5.02 Å². The van der Waals surface area contributed by atoms with Crippen LogP contribution in [-0.2, 0) is 16.6 Å². The van der Waals surface area contributed by atoms with Crippen LogP contribution in [0.4, 0.5) is 14.5 Å². The lowest BCUT2D eigenvalue weighted by molar-refractivity contribution is 0.596. The number of hydrogen-bond donors (Lipinski definition) is 2. The highest BCUT2D eigenvalue weighted by Crippen LogP contribution is 2.22. The van der Waals surface area contributed by atoms with Gasteiger partial charge in [0.15, 0.2) is 0 Å². The predicted octanol–water partition coefficient (Wildman–Crippen LogP) is 2.88. The molecule has 3 N–H and O–H groups in total. The van der Waals surface area contributed by atoms with Gasteiger partial charge in [-0.05, 0) is 36.4 Å². The van der Waals surface area contributed by atoms with Crippen LogP contribution >= 0.6 is 11.6 Å². The van der Waals surface area contributed by atoms with Crippen LogP contribution in [0, 0.1) is 11.6 Å². The lowest BCUT2D eigenvalue weighted by Crippen LogP contribution is -2.14. The summed E-state index contributed by atoms with van der Waals surface area (Å²) in [5.41, 5.74) is 5.41. The zero-order chi connectivity index (χ0) is 15.6. The van der Waals surface area contributed by atoms with Gasteiger partial charge in [0.05, 0.1) is 15.6 Å². The maximum atomic E-state index is 13.3. The van der Waals surface area contributed by atoms with E-state index in [0.29, 0.717) is 0 Å². The number of sulfonamides is 1. The molecule has 0 radical (unpaired) electrons. The van der Waals surface area contributed by atoms with Gasteiger partial charge in [-0.2, -0.15) is 0 Å². The molecule has 0 heterocycles. The van der Waals surface area contributed by atoms with Crippen LogP contribution in [0.1, 0.15) is 5.56 Å². The summed E-state index contributed by atoms with van der Waals surface area (Å²) >= 11 is 5.52. The molecule has 2 aromatic rings. The molecule has 2 rings (SSSR count). The van der Waals surface area contributed by atoms with Gasteiger partial charge >= 0.3 is 0 Å². The number of hydrogen-bond acceptors (Lipinski definition) is 3. The minimum atomic E-state index is -3.97. The van der Waals surface area contributed by atoms with Crippen molar-refractivity contribution in [3.63, 3.8) is 0 Å². The lowest BCUT2D eigenvalue weighted by atomic mass is 10.2. The summed E-state index contributed by atoms with van der Waals surface area (Å²) in [5.74, 6) is -1.34. The molecule has 8 heteroatoms. The summed E-state index contributed by atoms with van der Waals surface area (Å²) < 4.78 is 53.1. The van der Waals surface area contributed by atoms with Crippen LogP contribution in [0.25, 0.3) is 0 Å². The molecule has 0 aliphatic carbocycles. The van der Waals surface area contributed by atoms with Crippen molar-refractivity contribution in [1.29, 1.82) is 0 Å². The standard InChI is InChI=1S/C13H11ClF2N2O2S/c14-11-3-1-9(6-13(11)16)18-21(19,20)10-2-4-12(15)8(5-10)7-17/h1-6,18H,7,17H2.